The van der Waals surface area contributed by atoms with Crippen LogP contribution < -0.4 is 14.3 Å². The predicted octanol–water partition coefficient (Wildman–Crippen LogP) is 3.44. The third kappa shape index (κ3) is 6.20. The van der Waals surface area contributed by atoms with Crippen LogP contribution >= 0.6 is 11.3 Å². The lowest BCUT2D eigenvalue weighted by molar-refractivity contribution is -0.141. The molecule has 0 N–H and O–H groups in total. The van der Waals surface area contributed by atoms with Crippen molar-refractivity contribution in [2.24, 2.45) is 4.99 Å². The van der Waals surface area contributed by atoms with Crippen LogP contribution in [-0.4, -0.2) is 63.6 Å². The minimum absolute atomic E-state index is 0.118. The molecule has 0 fully saturated rings. The predicted molar refractivity (Wildman–Crippen MR) is 141 cm³/mol. The summed E-state index contributed by atoms with van der Waals surface area (Å²) in [6.07, 6.45) is 1.40. The van der Waals surface area contributed by atoms with Crippen molar-refractivity contribution >= 4 is 43.5 Å². The molecule has 0 aliphatic heterocycles. The summed E-state index contributed by atoms with van der Waals surface area (Å²) in [4.78, 5) is 29.8. The van der Waals surface area contributed by atoms with Crippen molar-refractivity contribution in [3.8, 4) is 11.5 Å². The van der Waals surface area contributed by atoms with E-state index in [0.717, 1.165) is 4.70 Å². The van der Waals surface area contributed by atoms with Crippen molar-refractivity contribution < 1.29 is 32.2 Å². The summed E-state index contributed by atoms with van der Waals surface area (Å²) in [6, 6.07) is 9.17. The number of thiazole rings is 1. The number of ether oxygens (including phenoxy) is 3. The highest BCUT2D eigenvalue weighted by Crippen LogP contribution is 2.33. The van der Waals surface area contributed by atoms with Crippen molar-refractivity contribution in [1.29, 1.82) is 0 Å². The lowest BCUT2D eigenvalue weighted by atomic mass is 10.2. The molecule has 12 heteroatoms. The zero-order chi connectivity index (χ0) is 27.2. The van der Waals surface area contributed by atoms with E-state index in [2.05, 4.69) is 4.99 Å². The van der Waals surface area contributed by atoms with Crippen molar-refractivity contribution in [1.82, 2.24) is 8.87 Å². The van der Waals surface area contributed by atoms with Crippen LogP contribution in [0.1, 0.15) is 37.0 Å². The molecule has 2 aromatic carbocycles. The van der Waals surface area contributed by atoms with Gasteiger partial charge in [-0.05, 0) is 37.1 Å². The number of fused-ring (bicyclic) bond motifs is 1. The van der Waals surface area contributed by atoms with E-state index < -0.39 is 21.9 Å². The van der Waals surface area contributed by atoms with Crippen molar-refractivity contribution in [2.75, 3.05) is 34.4 Å². The average molecular weight is 550 g/mol. The molecule has 3 rings (SSSR count). The molecular formula is C25H31N3O7S2. The van der Waals surface area contributed by atoms with Crippen molar-refractivity contribution in [3.05, 3.63) is 46.8 Å². The molecule has 0 radical (unpaired) electrons. The number of carbonyl (C=O) groups excluding carboxylic acids is 2. The number of amides is 1. The summed E-state index contributed by atoms with van der Waals surface area (Å²) in [5.41, 5.74) is 0.835. The summed E-state index contributed by atoms with van der Waals surface area (Å²) in [6.45, 7) is 4.53. The maximum atomic E-state index is 13.0. The Morgan fingerprint density at radius 3 is 2.11 bits per heavy atom. The van der Waals surface area contributed by atoms with Crippen LogP contribution in [0.15, 0.2) is 46.3 Å². The third-order valence-electron chi connectivity index (χ3n) is 5.59. The summed E-state index contributed by atoms with van der Waals surface area (Å²) < 4.78 is 45.3. The maximum absolute atomic E-state index is 13.0. The van der Waals surface area contributed by atoms with Gasteiger partial charge in [0.15, 0.2) is 16.3 Å². The van der Waals surface area contributed by atoms with Crippen LogP contribution in [0, 0.1) is 0 Å². The van der Waals surface area contributed by atoms with Crippen LogP contribution in [0.3, 0.4) is 0 Å². The maximum Gasteiger partial charge on any atom is 0.325 e. The number of sulfonamides is 1. The fourth-order valence-corrected chi connectivity index (χ4v) is 6.41. The number of hydrogen-bond acceptors (Lipinski definition) is 8. The zero-order valence-corrected chi connectivity index (χ0v) is 23.1. The minimum atomic E-state index is -3.67. The molecule has 0 saturated heterocycles. The Bertz CT molecular complexity index is 1440. The van der Waals surface area contributed by atoms with Crippen LogP contribution in [0.2, 0.25) is 0 Å². The molecule has 0 unspecified atom stereocenters. The second-order valence-corrected chi connectivity index (χ2v) is 11.0. The molecule has 0 bridgehead atoms. The number of benzene rings is 2. The molecule has 37 heavy (non-hydrogen) atoms. The summed E-state index contributed by atoms with van der Waals surface area (Å²) >= 11 is 1.20. The standard InChI is InChI=1S/C25H31N3O7S2/c1-6-12-27(13-7-2)37(31,32)18-10-8-17(9-11-18)24(30)26-25-28(16-23(29)35-5)19-14-20(33-3)21(34-4)15-22(19)36-25/h8-11,14-15H,6-7,12-13,16H2,1-5H3. The lowest BCUT2D eigenvalue weighted by Crippen LogP contribution is -2.32. The highest BCUT2D eigenvalue weighted by molar-refractivity contribution is 7.89. The van der Waals surface area contributed by atoms with Gasteiger partial charge in [0, 0.05) is 30.8 Å². The molecule has 1 heterocycles. The van der Waals surface area contributed by atoms with E-state index in [0.29, 0.717) is 42.9 Å². The Labute approximate surface area is 220 Å². The van der Waals surface area contributed by atoms with Crippen LogP contribution in [-0.2, 0) is 26.1 Å². The Morgan fingerprint density at radius 1 is 0.973 bits per heavy atom. The van der Waals surface area contributed by atoms with E-state index in [4.69, 9.17) is 14.2 Å². The molecule has 1 aromatic heterocycles. The topological polar surface area (TPSA) is 117 Å². The molecule has 200 valence electrons. The van der Waals surface area contributed by atoms with Crippen LogP contribution in [0.25, 0.3) is 10.2 Å². The number of rotatable bonds is 11. The molecule has 0 aliphatic rings. The normalized spacial score (nSPS) is 12.2. The monoisotopic (exact) mass is 549 g/mol. The van der Waals surface area contributed by atoms with Gasteiger partial charge in [-0.2, -0.15) is 9.30 Å². The third-order valence-corrected chi connectivity index (χ3v) is 8.54. The second-order valence-electron chi connectivity index (χ2n) is 8.07. The van der Waals surface area contributed by atoms with Gasteiger partial charge in [-0.1, -0.05) is 25.2 Å². The minimum Gasteiger partial charge on any atom is -0.493 e. The Hall–Kier alpha value is -3.22. The molecule has 0 aliphatic carbocycles. The Balaban J connectivity index is 2.03. The van der Waals surface area contributed by atoms with Gasteiger partial charge >= 0.3 is 5.97 Å². The summed E-state index contributed by atoms with van der Waals surface area (Å²) in [5.74, 6) is -0.133. The van der Waals surface area contributed by atoms with Gasteiger partial charge in [-0.15, -0.1) is 0 Å². The summed E-state index contributed by atoms with van der Waals surface area (Å²) in [5, 5.41) is 0. The van der Waals surface area contributed by atoms with Gasteiger partial charge in [0.25, 0.3) is 5.91 Å². The summed E-state index contributed by atoms with van der Waals surface area (Å²) in [7, 11) is 0.632. The number of nitrogens with zero attached hydrogens (tertiary/aromatic N) is 3. The van der Waals surface area contributed by atoms with E-state index in [1.54, 1.807) is 16.7 Å². The number of aromatic nitrogens is 1. The molecular weight excluding hydrogens is 518 g/mol. The largest absolute Gasteiger partial charge is 0.493 e. The fourth-order valence-electron chi connectivity index (χ4n) is 3.75. The number of carbonyl (C=O) groups is 2. The van der Waals surface area contributed by atoms with Gasteiger partial charge in [0.1, 0.15) is 6.54 Å². The molecule has 0 spiro atoms. The molecule has 0 saturated carbocycles. The van der Waals surface area contributed by atoms with Crippen LogP contribution in [0.4, 0.5) is 0 Å². The van der Waals surface area contributed by atoms with E-state index in [-0.39, 0.29) is 21.8 Å². The van der Waals surface area contributed by atoms with Crippen molar-refractivity contribution in [2.45, 2.75) is 38.1 Å². The number of methoxy groups -OCH3 is 3. The zero-order valence-electron chi connectivity index (χ0n) is 21.5. The first kappa shape index (κ1) is 28.4. The molecule has 0 atom stereocenters. The lowest BCUT2D eigenvalue weighted by Gasteiger charge is -2.21. The van der Waals surface area contributed by atoms with E-state index >= 15 is 0 Å². The SMILES string of the molecule is CCCN(CCC)S(=O)(=O)c1ccc(C(=O)N=c2sc3cc(OC)c(OC)cc3n2CC(=O)OC)cc1. The van der Waals surface area contributed by atoms with E-state index in [1.807, 2.05) is 13.8 Å². The highest BCUT2D eigenvalue weighted by Gasteiger charge is 2.23. The van der Waals surface area contributed by atoms with Crippen LogP contribution in [0.5, 0.6) is 11.5 Å². The number of esters is 1. The van der Waals surface area contributed by atoms with Gasteiger partial charge < -0.3 is 18.8 Å². The quantitative estimate of drug-likeness (QED) is 0.336. The molecule has 1 amide bonds. The van der Waals surface area contributed by atoms with Gasteiger partial charge in [-0.25, -0.2) is 8.42 Å². The highest BCUT2D eigenvalue weighted by atomic mass is 32.2. The van der Waals surface area contributed by atoms with Gasteiger partial charge in [0.2, 0.25) is 10.0 Å². The van der Waals surface area contributed by atoms with Gasteiger partial charge in [-0.3, -0.25) is 9.59 Å². The fraction of sp³-hybridized carbons (Fsp3) is 0.400. The number of hydrogen-bond donors (Lipinski definition) is 0. The first-order chi connectivity index (χ1) is 17.7. The first-order valence-corrected chi connectivity index (χ1v) is 14.0. The van der Waals surface area contributed by atoms with E-state index in [1.165, 1.54) is 61.2 Å². The first-order valence-electron chi connectivity index (χ1n) is 11.7. The molecule has 10 nitrogen and oxygen atoms in total. The Kier molecular flexibility index (Phi) is 9.46. The molecule has 3 aromatic rings. The van der Waals surface area contributed by atoms with E-state index in [9.17, 15) is 18.0 Å². The average Bonchev–Trinajstić information content (AvgIpc) is 3.22. The van der Waals surface area contributed by atoms with Gasteiger partial charge in [0.05, 0.1) is 36.4 Å². The smallest absolute Gasteiger partial charge is 0.325 e. The van der Waals surface area contributed by atoms with Crippen molar-refractivity contribution in [3.63, 3.8) is 0 Å². The Morgan fingerprint density at radius 2 is 1.57 bits per heavy atom. The second kappa shape index (κ2) is 12.3.